The first-order valence-electron chi connectivity index (χ1n) is 6.29. The van der Waals surface area contributed by atoms with E-state index in [0.717, 1.165) is 5.52 Å². The molecule has 0 N–H and O–H groups in total. The van der Waals surface area contributed by atoms with Crippen LogP contribution in [0, 0.1) is 11.3 Å². The fraction of sp³-hybridized carbons (Fsp3) is 0.429. The van der Waals surface area contributed by atoms with Gasteiger partial charge in [-0.3, -0.25) is 0 Å². The van der Waals surface area contributed by atoms with Crippen molar-refractivity contribution in [1.82, 2.24) is 9.55 Å². The van der Waals surface area contributed by atoms with Crippen LogP contribution in [-0.4, -0.2) is 15.7 Å². The Balaban J connectivity index is 2.48. The summed E-state index contributed by atoms with van der Waals surface area (Å²) in [6.07, 6.45) is -5.25. The van der Waals surface area contributed by atoms with Crippen molar-refractivity contribution in [3.63, 3.8) is 0 Å². The van der Waals surface area contributed by atoms with E-state index in [-0.39, 0.29) is 12.5 Å². The first kappa shape index (κ1) is 14.4. The van der Waals surface area contributed by atoms with E-state index in [1.165, 1.54) is 0 Å². The summed E-state index contributed by atoms with van der Waals surface area (Å²) in [6.45, 7) is 3.80. The van der Waals surface area contributed by atoms with Crippen LogP contribution in [0.3, 0.4) is 0 Å². The minimum absolute atomic E-state index is 0.0103. The topological polar surface area (TPSA) is 41.6 Å². The molecule has 0 radical (unpaired) electrons. The van der Waals surface area contributed by atoms with Gasteiger partial charge in [0.1, 0.15) is 5.82 Å². The van der Waals surface area contributed by atoms with Gasteiger partial charge in [-0.15, -0.1) is 0 Å². The van der Waals surface area contributed by atoms with Gasteiger partial charge in [0.25, 0.3) is 0 Å². The van der Waals surface area contributed by atoms with Gasteiger partial charge in [-0.1, -0.05) is 0 Å². The first-order valence-corrected chi connectivity index (χ1v) is 6.29. The summed E-state index contributed by atoms with van der Waals surface area (Å²) in [7, 11) is 0. The summed E-state index contributed by atoms with van der Waals surface area (Å²) in [5.41, 5.74) is 1.78. The van der Waals surface area contributed by atoms with E-state index in [1.807, 2.05) is 19.9 Å². The Morgan fingerprint density at radius 1 is 1.35 bits per heavy atom. The second-order valence-electron chi connectivity index (χ2n) is 4.92. The van der Waals surface area contributed by atoms with E-state index in [9.17, 15) is 13.2 Å². The summed E-state index contributed by atoms with van der Waals surface area (Å²) in [4.78, 5) is 4.26. The Morgan fingerprint density at radius 3 is 2.60 bits per heavy atom. The second kappa shape index (κ2) is 5.16. The number of halogens is 3. The summed E-state index contributed by atoms with van der Waals surface area (Å²) in [6, 6.07) is 7.00. The molecule has 6 heteroatoms. The SMILES string of the molecule is CC(C)n1c(CCC(F)(F)F)nc2cc(C#N)ccc21. The van der Waals surface area contributed by atoms with Crippen LogP contribution in [0.15, 0.2) is 18.2 Å². The van der Waals surface area contributed by atoms with E-state index >= 15 is 0 Å². The van der Waals surface area contributed by atoms with Gasteiger partial charge in [-0.2, -0.15) is 18.4 Å². The third-order valence-electron chi connectivity index (χ3n) is 3.04. The number of imidazole rings is 1. The van der Waals surface area contributed by atoms with Gasteiger partial charge >= 0.3 is 6.18 Å². The van der Waals surface area contributed by atoms with E-state index in [0.29, 0.717) is 16.9 Å². The van der Waals surface area contributed by atoms with Crippen LogP contribution in [0.1, 0.15) is 37.7 Å². The number of rotatable bonds is 3. The maximum absolute atomic E-state index is 12.4. The van der Waals surface area contributed by atoms with Crippen LogP contribution in [0.2, 0.25) is 0 Å². The van der Waals surface area contributed by atoms with Gasteiger partial charge in [0, 0.05) is 12.5 Å². The lowest BCUT2D eigenvalue weighted by molar-refractivity contribution is -0.134. The molecule has 1 aromatic heterocycles. The average Bonchev–Trinajstić information content (AvgIpc) is 2.72. The van der Waals surface area contributed by atoms with Crippen molar-refractivity contribution in [2.75, 3.05) is 0 Å². The summed E-state index contributed by atoms with van der Waals surface area (Å²) in [5, 5.41) is 8.86. The van der Waals surface area contributed by atoms with E-state index in [2.05, 4.69) is 4.98 Å². The van der Waals surface area contributed by atoms with Crippen LogP contribution >= 0.6 is 0 Å². The number of hydrogen-bond donors (Lipinski definition) is 0. The van der Waals surface area contributed by atoms with Gasteiger partial charge in [0.05, 0.1) is 29.1 Å². The van der Waals surface area contributed by atoms with Crippen molar-refractivity contribution in [1.29, 1.82) is 5.26 Å². The summed E-state index contributed by atoms with van der Waals surface area (Å²) in [5.74, 6) is 0.405. The molecule has 106 valence electrons. The second-order valence-corrected chi connectivity index (χ2v) is 4.92. The highest BCUT2D eigenvalue weighted by atomic mass is 19.4. The predicted octanol–water partition coefficient (Wildman–Crippen LogP) is 3.98. The Labute approximate surface area is 114 Å². The molecule has 1 aromatic carbocycles. The monoisotopic (exact) mass is 281 g/mol. The van der Waals surface area contributed by atoms with Crippen molar-refractivity contribution in [2.24, 2.45) is 0 Å². The highest BCUT2D eigenvalue weighted by molar-refractivity contribution is 5.78. The molecule has 0 fully saturated rings. The van der Waals surface area contributed by atoms with Crippen molar-refractivity contribution in [3.05, 3.63) is 29.6 Å². The zero-order valence-corrected chi connectivity index (χ0v) is 11.2. The number of alkyl halides is 3. The molecule has 0 unspecified atom stereocenters. The molecule has 0 spiro atoms. The highest BCUT2D eigenvalue weighted by Crippen LogP contribution is 2.26. The minimum Gasteiger partial charge on any atom is -0.325 e. The zero-order valence-electron chi connectivity index (χ0n) is 11.2. The first-order chi connectivity index (χ1) is 9.31. The standard InChI is InChI=1S/C14H14F3N3/c1-9(2)20-12-4-3-10(8-18)7-11(12)19-13(20)5-6-14(15,16)17/h3-4,7,9H,5-6H2,1-2H3. The van der Waals surface area contributed by atoms with Crippen LogP contribution in [-0.2, 0) is 6.42 Å². The Bertz CT molecular complexity index is 663. The van der Waals surface area contributed by atoms with Crippen LogP contribution in [0.25, 0.3) is 11.0 Å². The zero-order chi connectivity index (χ0) is 14.9. The smallest absolute Gasteiger partial charge is 0.325 e. The normalized spacial score (nSPS) is 12.1. The molecule has 2 aromatic rings. The molecule has 0 saturated heterocycles. The van der Waals surface area contributed by atoms with E-state index in [1.54, 1.807) is 22.8 Å². The van der Waals surface area contributed by atoms with Crippen LogP contribution < -0.4 is 0 Å². The maximum Gasteiger partial charge on any atom is 0.389 e. The van der Waals surface area contributed by atoms with E-state index in [4.69, 9.17) is 5.26 Å². The largest absolute Gasteiger partial charge is 0.389 e. The molecule has 3 nitrogen and oxygen atoms in total. The number of hydrogen-bond acceptors (Lipinski definition) is 2. The summed E-state index contributed by atoms with van der Waals surface area (Å²) >= 11 is 0. The molecule has 0 aliphatic heterocycles. The molecule has 0 atom stereocenters. The molecule has 20 heavy (non-hydrogen) atoms. The fourth-order valence-corrected chi connectivity index (χ4v) is 2.22. The number of nitriles is 1. The molecular weight excluding hydrogens is 267 g/mol. The number of nitrogens with zero attached hydrogens (tertiary/aromatic N) is 3. The third kappa shape index (κ3) is 2.93. The molecule has 1 heterocycles. The summed E-state index contributed by atoms with van der Waals surface area (Å²) < 4.78 is 38.9. The van der Waals surface area contributed by atoms with Gasteiger partial charge in [0.2, 0.25) is 0 Å². The molecule has 0 bridgehead atoms. The molecule has 0 aliphatic rings. The lowest BCUT2D eigenvalue weighted by Gasteiger charge is -2.13. The minimum atomic E-state index is -4.20. The van der Waals surface area contributed by atoms with Crippen LogP contribution in [0.4, 0.5) is 13.2 Å². The average molecular weight is 281 g/mol. The van der Waals surface area contributed by atoms with Gasteiger partial charge in [0.15, 0.2) is 0 Å². The quantitative estimate of drug-likeness (QED) is 0.853. The molecule has 2 rings (SSSR count). The maximum atomic E-state index is 12.4. The number of fused-ring (bicyclic) bond motifs is 1. The Hall–Kier alpha value is -2.03. The van der Waals surface area contributed by atoms with E-state index < -0.39 is 12.6 Å². The van der Waals surface area contributed by atoms with Gasteiger partial charge in [-0.25, -0.2) is 4.98 Å². The lowest BCUT2D eigenvalue weighted by atomic mass is 10.2. The third-order valence-corrected chi connectivity index (χ3v) is 3.04. The molecular formula is C14H14F3N3. The Morgan fingerprint density at radius 2 is 2.05 bits per heavy atom. The number of aromatic nitrogens is 2. The Kier molecular flexibility index (Phi) is 3.71. The van der Waals surface area contributed by atoms with Crippen molar-refractivity contribution in [3.8, 4) is 6.07 Å². The van der Waals surface area contributed by atoms with Crippen molar-refractivity contribution < 1.29 is 13.2 Å². The van der Waals surface area contributed by atoms with Crippen LogP contribution in [0.5, 0.6) is 0 Å². The number of benzene rings is 1. The van der Waals surface area contributed by atoms with Crippen molar-refractivity contribution in [2.45, 2.75) is 38.9 Å². The van der Waals surface area contributed by atoms with Gasteiger partial charge in [-0.05, 0) is 32.0 Å². The number of aryl methyl sites for hydroxylation is 1. The fourth-order valence-electron chi connectivity index (χ4n) is 2.22. The van der Waals surface area contributed by atoms with Crippen molar-refractivity contribution >= 4 is 11.0 Å². The molecule has 0 saturated carbocycles. The molecule has 0 aliphatic carbocycles. The predicted molar refractivity (Wildman–Crippen MR) is 69.2 cm³/mol. The lowest BCUT2D eigenvalue weighted by Crippen LogP contribution is -2.13. The molecule has 0 amide bonds. The van der Waals surface area contributed by atoms with Gasteiger partial charge < -0.3 is 4.57 Å². The highest BCUT2D eigenvalue weighted by Gasteiger charge is 2.28.